The summed E-state index contributed by atoms with van der Waals surface area (Å²) in [6, 6.07) is 5.45. The molecule has 19 heavy (non-hydrogen) atoms. The number of likely N-dealkylation sites (N-methyl/N-ethyl adjacent to an activating group) is 1. The molecule has 0 aliphatic carbocycles. The summed E-state index contributed by atoms with van der Waals surface area (Å²) in [7, 11) is 3.15. The van der Waals surface area contributed by atoms with Gasteiger partial charge < -0.3 is 14.4 Å². The quantitative estimate of drug-likeness (QED) is 0.732. The molecule has 0 aliphatic heterocycles. The fraction of sp³-hybridized carbons (Fsp3) is 0.400. The van der Waals surface area contributed by atoms with Crippen LogP contribution in [0, 0.1) is 12.3 Å². The summed E-state index contributed by atoms with van der Waals surface area (Å²) in [5.41, 5.74) is 0.873. The van der Waals surface area contributed by atoms with E-state index in [2.05, 4.69) is 5.92 Å². The molecule has 1 amide bonds. The van der Waals surface area contributed by atoms with Crippen molar-refractivity contribution in [2.45, 2.75) is 13.3 Å². The highest BCUT2D eigenvalue weighted by Gasteiger charge is 2.13. The Balaban J connectivity index is 2.82. The molecule has 0 fully saturated rings. The highest BCUT2D eigenvalue weighted by Crippen LogP contribution is 2.27. The molecule has 102 valence electrons. The summed E-state index contributed by atoms with van der Waals surface area (Å²) >= 11 is 0. The van der Waals surface area contributed by atoms with Gasteiger partial charge in [-0.1, -0.05) is 12.0 Å². The summed E-state index contributed by atoms with van der Waals surface area (Å²) in [5, 5.41) is 0. The van der Waals surface area contributed by atoms with Crippen LogP contribution in [0.3, 0.4) is 0 Å². The summed E-state index contributed by atoms with van der Waals surface area (Å²) in [6.07, 6.45) is 5.54. The molecule has 0 aliphatic rings. The van der Waals surface area contributed by atoms with Crippen molar-refractivity contribution < 1.29 is 14.3 Å². The van der Waals surface area contributed by atoms with Gasteiger partial charge in [-0.25, -0.2) is 0 Å². The zero-order valence-corrected chi connectivity index (χ0v) is 11.6. The third-order valence-corrected chi connectivity index (χ3v) is 2.82. The Morgan fingerprint density at radius 1 is 1.32 bits per heavy atom. The first-order valence-electron chi connectivity index (χ1n) is 6.08. The number of nitrogens with zero attached hydrogens (tertiary/aromatic N) is 1. The van der Waals surface area contributed by atoms with E-state index in [0.29, 0.717) is 31.0 Å². The molecular weight excluding hydrogens is 242 g/mol. The number of carbonyl (C=O) groups excluding carboxylic acids is 1. The Hall–Kier alpha value is -2.15. The number of hydrogen-bond acceptors (Lipinski definition) is 3. The van der Waals surface area contributed by atoms with Crippen LogP contribution in [0.5, 0.6) is 11.5 Å². The molecule has 0 N–H and O–H groups in total. The second-order valence-electron chi connectivity index (χ2n) is 3.98. The van der Waals surface area contributed by atoms with E-state index in [-0.39, 0.29) is 5.91 Å². The van der Waals surface area contributed by atoms with Crippen LogP contribution in [0.4, 0.5) is 0 Å². The average molecular weight is 261 g/mol. The topological polar surface area (TPSA) is 38.8 Å². The van der Waals surface area contributed by atoms with E-state index < -0.39 is 0 Å². The highest BCUT2D eigenvalue weighted by atomic mass is 16.5. The first-order chi connectivity index (χ1) is 9.15. The van der Waals surface area contributed by atoms with Crippen LogP contribution in [0.15, 0.2) is 18.2 Å². The third-order valence-electron chi connectivity index (χ3n) is 2.82. The molecule has 4 nitrogen and oxygen atoms in total. The van der Waals surface area contributed by atoms with Crippen molar-refractivity contribution in [3.63, 3.8) is 0 Å². The maximum Gasteiger partial charge on any atom is 0.227 e. The van der Waals surface area contributed by atoms with Gasteiger partial charge in [0.05, 0.1) is 27.2 Å². The lowest BCUT2D eigenvalue weighted by atomic mass is 10.1. The predicted molar refractivity (Wildman–Crippen MR) is 74.3 cm³/mol. The van der Waals surface area contributed by atoms with Crippen LogP contribution in [0.1, 0.15) is 12.5 Å². The normalized spacial score (nSPS) is 9.58. The zero-order chi connectivity index (χ0) is 14.3. The molecule has 1 aromatic carbocycles. The average Bonchev–Trinajstić information content (AvgIpc) is 2.44. The number of rotatable bonds is 6. The van der Waals surface area contributed by atoms with Gasteiger partial charge in [-0.3, -0.25) is 4.79 Å². The third kappa shape index (κ3) is 3.92. The molecule has 0 spiro atoms. The Morgan fingerprint density at radius 2 is 2.00 bits per heavy atom. The van der Waals surface area contributed by atoms with Crippen molar-refractivity contribution in [3.8, 4) is 23.8 Å². The van der Waals surface area contributed by atoms with E-state index >= 15 is 0 Å². The van der Waals surface area contributed by atoms with Gasteiger partial charge in [-0.15, -0.1) is 6.42 Å². The summed E-state index contributed by atoms with van der Waals surface area (Å²) in [4.78, 5) is 13.7. The lowest BCUT2D eigenvalue weighted by Gasteiger charge is -2.18. The van der Waals surface area contributed by atoms with E-state index in [1.165, 1.54) is 0 Å². The molecule has 0 saturated carbocycles. The smallest absolute Gasteiger partial charge is 0.227 e. The van der Waals surface area contributed by atoms with Crippen molar-refractivity contribution >= 4 is 5.91 Å². The summed E-state index contributed by atoms with van der Waals surface area (Å²) in [6.45, 7) is 2.85. The maximum atomic E-state index is 12.0. The van der Waals surface area contributed by atoms with Gasteiger partial charge in [-0.05, 0) is 24.6 Å². The van der Waals surface area contributed by atoms with E-state index in [9.17, 15) is 4.79 Å². The molecule has 0 bridgehead atoms. The summed E-state index contributed by atoms with van der Waals surface area (Å²) < 4.78 is 10.4. The van der Waals surface area contributed by atoms with Gasteiger partial charge in [0.25, 0.3) is 0 Å². The Morgan fingerprint density at radius 3 is 2.53 bits per heavy atom. The van der Waals surface area contributed by atoms with Crippen molar-refractivity contribution in [2.24, 2.45) is 0 Å². The van der Waals surface area contributed by atoms with Gasteiger partial charge in [-0.2, -0.15) is 0 Å². The largest absolute Gasteiger partial charge is 0.493 e. The molecule has 1 aromatic rings. The van der Waals surface area contributed by atoms with Crippen molar-refractivity contribution in [2.75, 3.05) is 27.3 Å². The fourth-order valence-electron chi connectivity index (χ4n) is 1.76. The Labute approximate surface area is 114 Å². The molecular formula is C15H19NO3. The van der Waals surface area contributed by atoms with Crippen LogP contribution in [-0.2, 0) is 11.2 Å². The van der Waals surface area contributed by atoms with Crippen LogP contribution in [-0.4, -0.2) is 38.1 Å². The SMILES string of the molecule is C#CCN(CC)C(=O)Cc1ccc(OC)c(OC)c1. The second kappa shape index (κ2) is 7.32. The van der Waals surface area contributed by atoms with E-state index in [1.54, 1.807) is 31.3 Å². The van der Waals surface area contributed by atoms with Gasteiger partial charge in [0.2, 0.25) is 5.91 Å². The number of carbonyl (C=O) groups is 1. The minimum Gasteiger partial charge on any atom is -0.493 e. The first kappa shape index (κ1) is 14.9. The number of amides is 1. The van der Waals surface area contributed by atoms with Crippen molar-refractivity contribution in [1.82, 2.24) is 4.90 Å². The molecule has 0 heterocycles. The minimum absolute atomic E-state index is 0.00710. The molecule has 0 saturated heterocycles. The zero-order valence-electron chi connectivity index (χ0n) is 11.6. The first-order valence-corrected chi connectivity index (χ1v) is 6.08. The van der Waals surface area contributed by atoms with Crippen LogP contribution in [0.2, 0.25) is 0 Å². The predicted octanol–water partition coefficient (Wildman–Crippen LogP) is 1.73. The summed E-state index contributed by atoms with van der Waals surface area (Å²) in [5.74, 6) is 3.76. The van der Waals surface area contributed by atoms with Gasteiger partial charge in [0.15, 0.2) is 11.5 Å². The molecule has 0 radical (unpaired) electrons. The lowest BCUT2D eigenvalue weighted by molar-refractivity contribution is -0.129. The number of benzene rings is 1. The monoisotopic (exact) mass is 261 g/mol. The van der Waals surface area contributed by atoms with Gasteiger partial charge in [0, 0.05) is 6.54 Å². The fourth-order valence-corrected chi connectivity index (χ4v) is 1.76. The van der Waals surface area contributed by atoms with E-state index in [1.807, 2.05) is 13.0 Å². The number of ether oxygens (including phenoxy) is 2. The maximum absolute atomic E-state index is 12.0. The molecule has 0 aromatic heterocycles. The molecule has 0 unspecified atom stereocenters. The van der Waals surface area contributed by atoms with Gasteiger partial charge in [0.1, 0.15) is 0 Å². The lowest BCUT2D eigenvalue weighted by Crippen LogP contribution is -2.32. The standard InChI is InChI=1S/C15H19NO3/c1-5-9-16(6-2)15(17)11-12-7-8-13(18-3)14(10-12)19-4/h1,7-8,10H,6,9,11H2,2-4H3. The van der Waals surface area contributed by atoms with E-state index in [4.69, 9.17) is 15.9 Å². The van der Waals surface area contributed by atoms with Crippen molar-refractivity contribution in [3.05, 3.63) is 23.8 Å². The Kier molecular flexibility index (Phi) is 5.74. The van der Waals surface area contributed by atoms with Crippen LogP contribution < -0.4 is 9.47 Å². The number of terminal acetylenes is 1. The van der Waals surface area contributed by atoms with Crippen LogP contribution in [0.25, 0.3) is 0 Å². The highest BCUT2D eigenvalue weighted by molar-refractivity contribution is 5.79. The second-order valence-corrected chi connectivity index (χ2v) is 3.98. The van der Waals surface area contributed by atoms with E-state index in [0.717, 1.165) is 5.56 Å². The van der Waals surface area contributed by atoms with Gasteiger partial charge >= 0.3 is 0 Å². The van der Waals surface area contributed by atoms with Crippen LogP contribution >= 0.6 is 0 Å². The number of methoxy groups -OCH3 is 2. The molecule has 0 atom stereocenters. The molecule has 4 heteroatoms. The minimum atomic E-state index is 0.00710. The van der Waals surface area contributed by atoms with Crippen molar-refractivity contribution in [1.29, 1.82) is 0 Å². The number of hydrogen-bond donors (Lipinski definition) is 0. The Bertz CT molecular complexity index is 477. The molecule has 1 rings (SSSR count).